The van der Waals surface area contributed by atoms with Gasteiger partial charge in [-0.15, -0.1) is 11.3 Å². The quantitative estimate of drug-likeness (QED) is 0.377. The smallest absolute Gasteiger partial charge is 0.267 e. The maximum absolute atomic E-state index is 12.7. The van der Waals surface area contributed by atoms with Gasteiger partial charge in [0.15, 0.2) is 5.60 Å². The van der Waals surface area contributed by atoms with Crippen LogP contribution in [-0.4, -0.2) is 16.5 Å². The normalized spacial score (nSPS) is 11.5. The molecule has 0 saturated carbocycles. The minimum Gasteiger partial charge on any atom is -0.478 e. The van der Waals surface area contributed by atoms with Crippen molar-refractivity contribution < 1.29 is 9.53 Å². The second-order valence-corrected chi connectivity index (χ2v) is 9.06. The number of rotatable bonds is 5. The van der Waals surface area contributed by atoms with Crippen LogP contribution in [0.1, 0.15) is 19.4 Å². The van der Waals surface area contributed by atoms with Crippen LogP contribution in [0.5, 0.6) is 5.75 Å². The second-order valence-electron chi connectivity index (χ2n) is 7.59. The number of carbonyl (C=O) groups is 1. The first-order chi connectivity index (χ1) is 14.3. The number of hydrogen-bond donors (Lipinski definition) is 1. The number of hydrogen-bond acceptors (Lipinski definition) is 4. The Balaban J connectivity index is 1.46. The minimum atomic E-state index is -1.04. The zero-order valence-corrected chi connectivity index (χ0v) is 18.5. The molecule has 4 rings (SSSR count). The molecule has 0 aliphatic carbocycles. The largest absolute Gasteiger partial charge is 0.478 e. The molecule has 3 aromatic carbocycles. The predicted molar refractivity (Wildman–Crippen MR) is 125 cm³/mol. The fraction of sp³-hybridized carbons (Fsp3) is 0.167. The highest BCUT2D eigenvalue weighted by Crippen LogP contribution is 2.31. The maximum Gasteiger partial charge on any atom is 0.267 e. The Hall–Kier alpha value is -2.89. The third-order valence-electron chi connectivity index (χ3n) is 4.67. The number of fused-ring (bicyclic) bond motifs is 1. The summed E-state index contributed by atoms with van der Waals surface area (Å²) in [6.07, 6.45) is 0. The van der Waals surface area contributed by atoms with Gasteiger partial charge in [-0.1, -0.05) is 17.7 Å². The Bertz CT molecular complexity index is 1200. The number of nitrogens with zero attached hydrogens (tertiary/aromatic N) is 1. The molecule has 0 fully saturated rings. The Morgan fingerprint density at radius 2 is 1.73 bits per heavy atom. The molecular formula is C24H21ClN2O2S. The van der Waals surface area contributed by atoms with Crippen LogP contribution < -0.4 is 10.1 Å². The van der Waals surface area contributed by atoms with Crippen LogP contribution in [-0.2, 0) is 4.79 Å². The summed E-state index contributed by atoms with van der Waals surface area (Å²) in [6, 6.07) is 20.9. The van der Waals surface area contributed by atoms with Gasteiger partial charge in [0.2, 0.25) is 0 Å². The Morgan fingerprint density at radius 3 is 2.43 bits per heavy atom. The van der Waals surface area contributed by atoms with Crippen molar-refractivity contribution in [3.05, 3.63) is 77.3 Å². The molecule has 1 N–H and O–H groups in total. The monoisotopic (exact) mass is 436 g/mol. The van der Waals surface area contributed by atoms with E-state index in [1.165, 1.54) is 10.3 Å². The topological polar surface area (TPSA) is 51.2 Å². The van der Waals surface area contributed by atoms with Crippen molar-refractivity contribution in [1.82, 2.24) is 4.98 Å². The lowest BCUT2D eigenvalue weighted by molar-refractivity contribution is -0.128. The highest BCUT2D eigenvalue weighted by molar-refractivity contribution is 7.21. The van der Waals surface area contributed by atoms with E-state index in [-0.39, 0.29) is 5.91 Å². The SMILES string of the molecule is Cc1ccc2nc(-c3ccc(NC(=O)C(C)(C)Oc4ccc(Cl)cc4)cc3)sc2c1. The third kappa shape index (κ3) is 4.48. The van der Waals surface area contributed by atoms with Gasteiger partial charge in [-0.05, 0) is 87.0 Å². The number of benzene rings is 3. The zero-order valence-electron chi connectivity index (χ0n) is 16.9. The average Bonchev–Trinajstić information content (AvgIpc) is 3.13. The van der Waals surface area contributed by atoms with Gasteiger partial charge in [0.25, 0.3) is 5.91 Å². The summed E-state index contributed by atoms with van der Waals surface area (Å²) in [6.45, 7) is 5.54. The fourth-order valence-corrected chi connectivity index (χ4v) is 4.17. The standard InChI is InChI=1S/C24H21ClN2O2S/c1-15-4-13-20-21(14-15)30-22(27-20)16-5-9-18(10-6-16)26-23(28)24(2,3)29-19-11-7-17(25)8-12-19/h4-14H,1-3H3,(H,26,28). The van der Waals surface area contributed by atoms with Crippen LogP contribution >= 0.6 is 22.9 Å². The van der Waals surface area contributed by atoms with Crippen molar-refractivity contribution in [3.8, 4) is 16.3 Å². The summed E-state index contributed by atoms with van der Waals surface area (Å²) in [5.74, 6) is 0.349. The molecule has 0 saturated heterocycles. The first-order valence-electron chi connectivity index (χ1n) is 9.54. The minimum absolute atomic E-state index is 0.235. The zero-order chi connectivity index (χ0) is 21.3. The van der Waals surface area contributed by atoms with Crippen LogP contribution in [0.2, 0.25) is 5.02 Å². The van der Waals surface area contributed by atoms with Crippen LogP contribution in [0.3, 0.4) is 0 Å². The van der Waals surface area contributed by atoms with E-state index in [0.717, 1.165) is 16.1 Å². The number of nitrogens with one attached hydrogen (secondary N) is 1. The number of halogens is 1. The lowest BCUT2D eigenvalue weighted by Gasteiger charge is -2.25. The van der Waals surface area contributed by atoms with Gasteiger partial charge in [0.1, 0.15) is 10.8 Å². The Morgan fingerprint density at radius 1 is 1.03 bits per heavy atom. The number of aromatic nitrogens is 1. The number of amides is 1. The van der Waals surface area contributed by atoms with Crippen LogP contribution in [0, 0.1) is 6.92 Å². The molecule has 0 bridgehead atoms. The second kappa shape index (κ2) is 8.09. The molecule has 0 aliphatic heterocycles. The molecule has 1 amide bonds. The van der Waals surface area contributed by atoms with E-state index in [4.69, 9.17) is 21.3 Å². The number of ether oxygens (including phenoxy) is 1. The molecule has 30 heavy (non-hydrogen) atoms. The van der Waals surface area contributed by atoms with Crippen molar-refractivity contribution in [1.29, 1.82) is 0 Å². The van der Waals surface area contributed by atoms with Crippen LogP contribution in [0.15, 0.2) is 66.7 Å². The van der Waals surface area contributed by atoms with Gasteiger partial charge in [-0.25, -0.2) is 4.98 Å². The molecule has 0 aliphatic rings. The van der Waals surface area contributed by atoms with Gasteiger partial charge in [-0.2, -0.15) is 0 Å². The van der Waals surface area contributed by atoms with Crippen molar-refractivity contribution >= 4 is 44.7 Å². The lowest BCUT2D eigenvalue weighted by Crippen LogP contribution is -2.42. The average molecular weight is 437 g/mol. The first-order valence-corrected chi connectivity index (χ1v) is 10.7. The summed E-state index contributed by atoms with van der Waals surface area (Å²) >= 11 is 7.56. The molecule has 0 radical (unpaired) electrons. The molecule has 1 aromatic heterocycles. The number of carbonyl (C=O) groups excluding carboxylic acids is 1. The van der Waals surface area contributed by atoms with Crippen LogP contribution in [0.25, 0.3) is 20.8 Å². The van der Waals surface area contributed by atoms with E-state index in [2.05, 4.69) is 24.4 Å². The summed E-state index contributed by atoms with van der Waals surface area (Å²) in [5, 5.41) is 4.50. The van der Waals surface area contributed by atoms with Crippen LogP contribution in [0.4, 0.5) is 5.69 Å². The highest BCUT2D eigenvalue weighted by Gasteiger charge is 2.30. The molecule has 4 aromatic rings. The lowest BCUT2D eigenvalue weighted by atomic mass is 10.1. The van der Waals surface area contributed by atoms with Gasteiger partial charge >= 0.3 is 0 Å². The van der Waals surface area contributed by atoms with Crippen molar-refractivity contribution in [2.24, 2.45) is 0 Å². The molecule has 0 unspecified atom stereocenters. The van der Waals surface area contributed by atoms with E-state index in [1.807, 2.05) is 30.3 Å². The van der Waals surface area contributed by atoms with Gasteiger partial charge < -0.3 is 10.1 Å². The summed E-state index contributed by atoms with van der Waals surface area (Å²) < 4.78 is 7.02. The molecule has 152 valence electrons. The van der Waals surface area contributed by atoms with Crippen molar-refractivity contribution in [3.63, 3.8) is 0 Å². The Kier molecular flexibility index (Phi) is 5.50. The van der Waals surface area contributed by atoms with E-state index < -0.39 is 5.60 Å². The third-order valence-corrected chi connectivity index (χ3v) is 5.99. The highest BCUT2D eigenvalue weighted by atomic mass is 35.5. The van der Waals surface area contributed by atoms with Crippen molar-refractivity contribution in [2.45, 2.75) is 26.4 Å². The van der Waals surface area contributed by atoms with E-state index in [1.54, 1.807) is 49.4 Å². The van der Waals surface area contributed by atoms with Gasteiger partial charge in [0.05, 0.1) is 10.2 Å². The number of anilines is 1. The molecule has 6 heteroatoms. The van der Waals surface area contributed by atoms with Gasteiger partial charge in [0, 0.05) is 16.3 Å². The number of thiazole rings is 1. The van der Waals surface area contributed by atoms with E-state index in [9.17, 15) is 4.79 Å². The molecular weight excluding hydrogens is 416 g/mol. The molecule has 0 spiro atoms. The number of aryl methyl sites for hydroxylation is 1. The van der Waals surface area contributed by atoms with E-state index >= 15 is 0 Å². The molecule has 1 heterocycles. The van der Waals surface area contributed by atoms with Gasteiger partial charge in [-0.3, -0.25) is 4.79 Å². The Labute approximate surface area is 184 Å². The predicted octanol–water partition coefficient (Wildman–Crippen LogP) is 6.72. The molecule has 0 atom stereocenters. The van der Waals surface area contributed by atoms with E-state index in [0.29, 0.717) is 16.5 Å². The summed E-state index contributed by atoms with van der Waals surface area (Å²) in [7, 11) is 0. The van der Waals surface area contributed by atoms with Crippen molar-refractivity contribution in [2.75, 3.05) is 5.32 Å². The fourth-order valence-electron chi connectivity index (χ4n) is 2.98. The first kappa shape index (κ1) is 20.4. The molecule has 4 nitrogen and oxygen atoms in total. The summed E-state index contributed by atoms with van der Waals surface area (Å²) in [5.41, 5.74) is 2.90. The summed E-state index contributed by atoms with van der Waals surface area (Å²) in [4.78, 5) is 17.4. The maximum atomic E-state index is 12.7.